The Balaban J connectivity index is 3.23. The first-order valence-electron chi connectivity index (χ1n) is 6.49. The molecule has 0 fully saturated rings. The fraction of sp³-hybridized carbons (Fsp3) is 0.462. The van der Waals surface area contributed by atoms with Gasteiger partial charge in [-0.25, -0.2) is 17.5 Å². The summed E-state index contributed by atoms with van der Waals surface area (Å²) in [6.07, 6.45) is 1.03. The van der Waals surface area contributed by atoms with E-state index in [9.17, 15) is 12.8 Å². The van der Waals surface area contributed by atoms with Gasteiger partial charge in [-0.3, -0.25) is 0 Å². The average molecular weight is 317 g/mol. The summed E-state index contributed by atoms with van der Waals surface area (Å²) >= 11 is 0. The van der Waals surface area contributed by atoms with Crippen molar-refractivity contribution in [2.75, 3.05) is 0 Å². The summed E-state index contributed by atoms with van der Waals surface area (Å²) < 4.78 is 40.6. The number of benzene rings is 1. The normalized spacial score (nSPS) is 14.2. The van der Waals surface area contributed by atoms with Crippen LogP contribution in [0.15, 0.2) is 22.2 Å². The highest BCUT2D eigenvalue weighted by Crippen LogP contribution is 2.21. The van der Waals surface area contributed by atoms with Crippen LogP contribution in [0.2, 0.25) is 0 Å². The number of halogens is 1. The minimum absolute atomic E-state index is 0.00995. The minimum atomic E-state index is -3.90. The van der Waals surface area contributed by atoms with Crippen molar-refractivity contribution in [1.29, 1.82) is 0 Å². The molecular formula is C13H20FN3O3S. The van der Waals surface area contributed by atoms with Gasteiger partial charge in [0.1, 0.15) is 5.82 Å². The van der Waals surface area contributed by atoms with Crippen LogP contribution in [-0.2, 0) is 10.0 Å². The van der Waals surface area contributed by atoms with Crippen molar-refractivity contribution < 1.29 is 18.0 Å². The standard InChI is InChI=1S/C13H20FN3O3S/c1-4-5-11(13(15)16-18)17-21(19,20)12-8(2)6-10(14)7-9(12)3/h6-7,11,17-18H,4-5H2,1-3H3,(H2,15,16). The molecule has 0 amide bonds. The molecule has 0 aliphatic carbocycles. The molecule has 0 aromatic heterocycles. The number of rotatable bonds is 6. The van der Waals surface area contributed by atoms with Crippen molar-refractivity contribution in [1.82, 2.24) is 4.72 Å². The monoisotopic (exact) mass is 317 g/mol. The smallest absolute Gasteiger partial charge is 0.241 e. The minimum Gasteiger partial charge on any atom is -0.409 e. The largest absolute Gasteiger partial charge is 0.409 e. The van der Waals surface area contributed by atoms with Gasteiger partial charge in [0.15, 0.2) is 5.84 Å². The van der Waals surface area contributed by atoms with E-state index < -0.39 is 21.9 Å². The maximum Gasteiger partial charge on any atom is 0.241 e. The fourth-order valence-electron chi connectivity index (χ4n) is 2.19. The lowest BCUT2D eigenvalue weighted by Gasteiger charge is -2.18. The van der Waals surface area contributed by atoms with E-state index in [1.54, 1.807) is 0 Å². The Bertz CT molecular complexity index is 621. The van der Waals surface area contributed by atoms with E-state index in [0.717, 1.165) is 12.1 Å². The molecule has 1 aromatic carbocycles. The van der Waals surface area contributed by atoms with Gasteiger partial charge in [-0.1, -0.05) is 18.5 Å². The Morgan fingerprint density at radius 3 is 2.38 bits per heavy atom. The van der Waals surface area contributed by atoms with Crippen LogP contribution in [0, 0.1) is 19.7 Å². The maximum atomic E-state index is 13.3. The molecule has 0 heterocycles. The summed E-state index contributed by atoms with van der Waals surface area (Å²) in [5.41, 5.74) is 6.10. The summed E-state index contributed by atoms with van der Waals surface area (Å²) in [5, 5.41) is 11.6. The molecular weight excluding hydrogens is 297 g/mol. The van der Waals surface area contributed by atoms with E-state index in [4.69, 9.17) is 10.9 Å². The molecule has 1 atom stereocenters. The SMILES string of the molecule is CCCC(NS(=O)(=O)c1c(C)cc(F)cc1C)C(N)=NO. The van der Waals surface area contributed by atoms with E-state index in [0.29, 0.717) is 24.0 Å². The molecule has 21 heavy (non-hydrogen) atoms. The number of nitrogens with two attached hydrogens (primary N) is 1. The molecule has 6 nitrogen and oxygen atoms in total. The van der Waals surface area contributed by atoms with Gasteiger partial charge in [0.05, 0.1) is 10.9 Å². The lowest BCUT2D eigenvalue weighted by molar-refractivity contribution is 0.315. The zero-order chi connectivity index (χ0) is 16.2. The lowest BCUT2D eigenvalue weighted by Crippen LogP contribution is -2.44. The zero-order valence-electron chi connectivity index (χ0n) is 12.2. The van der Waals surface area contributed by atoms with Crippen LogP contribution < -0.4 is 10.5 Å². The number of nitrogens with zero attached hydrogens (tertiary/aromatic N) is 1. The summed E-state index contributed by atoms with van der Waals surface area (Å²) in [6, 6.07) is 1.49. The molecule has 0 aliphatic rings. The average Bonchev–Trinajstić information content (AvgIpc) is 2.35. The maximum absolute atomic E-state index is 13.3. The van der Waals surface area contributed by atoms with Crippen molar-refractivity contribution in [2.24, 2.45) is 10.9 Å². The Labute approximate surface area is 123 Å². The molecule has 4 N–H and O–H groups in total. The first kappa shape index (κ1) is 17.4. The van der Waals surface area contributed by atoms with Crippen molar-refractivity contribution in [3.8, 4) is 0 Å². The van der Waals surface area contributed by atoms with Gasteiger partial charge >= 0.3 is 0 Å². The predicted molar refractivity (Wildman–Crippen MR) is 78.3 cm³/mol. The van der Waals surface area contributed by atoms with E-state index >= 15 is 0 Å². The van der Waals surface area contributed by atoms with E-state index in [2.05, 4.69) is 9.88 Å². The second-order valence-electron chi connectivity index (χ2n) is 4.86. The third-order valence-electron chi connectivity index (χ3n) is 3.04. The Kier molecular flexibility index (Phi) is 5.68. The van der Waals surface area contributed by atoms with Crippen molar-refractivity contribution >= 4 is 15.9 Å². The molecule has 0 radical (unpaired) electrons. The molecule has 1 unspecified atom stereocenters. The Hall–Kier alpha value is -1.67. The first-order chi connectivity index (χ1) is 9.72. The molecule has 118 valence electrons. The zero-order valence-corrected chi connectivity index (χ0v) is 13.0. The van der Waals surface area contributed by atoms with E-state index in [1.165, 1.54) is 13.8 Å². The quantitative estimate of drug-likeness (QED) is 0.321. The number of aryl methyl sites for hydroxylation is 2. The van der Waals surface area contributed by atoms with Crippen LogP contribution >= 0.6 is 0 Å². The summed E-state index contributed by atoms with van der Waals surface area (Å²) in [4.78, 5) is 0.00995. The molecule has 0 spiro atoms. The Morgan fingerprint density at radius 1 is 1.43 bits per heavy atom. The van der Waals surface area contributed by atoms with Crippen LogP contribution in [0.25, 0.3) is 0 Å². The van der Waals surface area contributed by atoms with Crippen molar-refractivity contribution in [3.05, 3.63) is 29.1 Å². The van der Waals surface area contributed by atoms with Gasteiger partial charge in [-0.15, -0.1) is 0 Å². The van der Waals surface area contributed by atoms with Crippen LogP contribution in [0.1, 0.15) is 30.9 Å². The lowest BCUT2D eigenvalue weighted by atomic mass is 10.1. The summed E-state index contributed by atoms with van der Waals surface area (Å²) in [5.74, 6) is -0.705. The van der Waals surface area contributed by atoms with Crippen LogP contribution in [0.3, 0.4) is 0 Å². The van der Waals surface area contributed by atoms with E-state index in [1.807, 2.05) is 6.92 Å². The third-order valence-corrected chi connectivity index (χ3v) is 4.82. The summed E-state index contributed by atoms with van der Waals surface area (Å²) in [6.45, 7) is 4.88. The summed E-state index contributed by atoms with van der Waals surface area (Å²) in [7, 11) is -3.90. The van der Waals surface area contributed by atoms with E-state index in [-0.39, 0.29) is 10.7 Å². The third kappa shape index (κ3) is 4.15. The van der Waals surface area contributed by atoms with Crippen LogP contribution in [0.5, 0.6) is 0 Å². The highest BCUT2D eigenvalue weighted by atomic mass is 32.2. The Morgan fingerprint density at radius 2 is 1.95 bits per heavy atom. The number of sulfonamides is 1. The molecule has 0 saturated heterocycles. The number of nitrogens with one attached hydrogen (secondary N) is 1. The second-order valence-corrected chi connectivity index (χ2v) is 6.51. The van der Waals surface area contributed by atoms with Gasteiger partial charge in [-0.05, 0) is 43.5 Å². The molecule has 1 rings (SSSR count). The molecule has 0 bridgehead atoms. The molecule has 8 heteroatoms. The highest BCUT2D eigenvalue weighted by molar-refractivity contribution is 7.89. The van der Waals surface area contributed by atoms with Crippen LogP contribution in [0.4, 0.5) is 4.39 Å². The van der Waals surface area contributed by atoms with Crippen molar-refractivity contribution in [3.63, 3.8) is 0 Å². The van der Waals surface area contributed by atoms with Gasteiger partial charge in [0, 0.05) is 0 Å². The second kappa shape index (κ2) is 6.86. The first-order valence-corrected chi connectivity index (χ1v) is 7.97. The predicted octanol–water partition coefficient (Wildman–Crippen LogP) is 1.64. The van der Waals surface area contributed by atoms with Gasteiger partial charge < -0.3 is 10.9 Å². The molecule has 0 saturated carbocycles. The number of amidine groups is 1. The van der Waals surface area contributed by atoms with Gasteiger partial charge in [0.25, 0.3) is 0 Å². The number of oxime groups is 1. The number of hydrogen-bond donors (Lipinski definition) is 3. The molecule has 1 aromatic rings. The number of hydrogen-bond acceptors (Lipinski definition) is 4. The fourth-order valence-corrected chi connectivity index (χ4v) is 3.89. The topological polar surface area (TPSA) is 105 Å². The van der Waals surface area contributed by atoms with Crippen LogP contribution in [-0.4, -0.2) is 25.5 Å². The van der Waals surface area contributed by atoms with Gasteiger partial charge in [-0.2, -0.15) is 0 Å². The highest BCUT2D eigenvalue weighted by Gasteiger charge is 2.25. The van der Waals surface area contributed by atoms with Gasteiger partial charge in [0.2, 0.25) is 10.0 Å². The van der Waals surface area contributed by atoms with Crippen molar-refractivity contribution in [2.45, 2.75) is 44.6 Å². The molecule has 0 aliphatic heterocycles.